The van der Waals surface area contributed by atoms with Crippen LogP contribution in [0.1, 0.15) is 13.8 Å². The van der Waals surface area contributed by atoms with Crippen LogP contribution in [0.4, 0.5) is 18.9 Å². The highest BCUT2D eigenvalue weighted by Crippen LogP contribution is 2.58. The van der Waals surface area contributed by atoms with Crippen LogP contribution >= 0.6 is 0 Å². The molecule has 2 rings (SSSR count). The number of carbonyl (C=O) groups excluding carboxylic acids is 1. The number of halogens is 3. The van der Waals surface area contributed by atoms with E-state index in [1.165, 1.54) is 0 Å². The van der Waals surface area contributed by atoms with Crippen molar-refractivity contribution in [3.63, 3.8) is 0 Å². The van der Waals surface area contributed by atoms with Crippen LogP contribution in [0, 0.1) is 34.7 Å². The Morgan fingerprint density at radius 1 is 1.20 bits per heavy atom. The fourth-order valence-corrected chi connectivity index (χ4v) is 2.45. The van der Waals surface area contributed by atoms with Crippen LogP contribution in [0.25, 0.3) is 0 Å². The standard InChI is InChI=1S/C13H12F3NO3/c1-13(2)8(9(13)12(19)20)11(18)17-7-4-5(14)3-6(15)10(7)16/h3-4,8-9H,1-2H3,(H,17,18)(H,19,20)/t8-,9+/m1/s1. The fourth-order valence-electron chi connectivity index (χ4n) is 2.45. The number of carboxylic acid groups (broad SMARTS) is 1. The molecule has 2 N–H and O–H groups in total. The molecule has 1 aliphatic carbocycles. The minimum absolute atomic E-state index is 0.353. The summed E-state index contributed by atoms with van der Waals surface area (Å²) in [7, 11) is 0. The van der Waals surface area contributed by atoms with Gasteiger partial charge in [0.15, 0.2) is 11.6 Å². The average Bonchev–Trinajstić information content (AvgIpc) is 2.89. The van der Waals surface area contributed by atoms with Crippen molar-refractivity contribution in [2.45, 2.75) is 13.8 Å². The Morgan fingerprint density at radius 2 is 1.80 bits per heavy atom. The van der Waals surface area contributed by atoms with E-state index in [-0.39, 0.29) is 0 Å². The van der Waals surface area contributed by atoms with Crippen LogP contribution in [-0.2, 0) is 9.59 Å². The molecule has 0 aliphatic heterocycles. The molecule has 1 fully saturated rings. The van der Waals surface area contributed by atoms with Crippen molar-refractivity contribution in [1.29, 1.82) is 0 Å². The summed E-state index contributed by atoms with van der Waals surface area (Å²) in [5.74, 6) is -7.53. The van der Waals surface area contributed by atoms with Gasteiger partial charge in [0, 0.05) is 12.1 Å². The highest BCUT2D eigenvalue weighted by Gasteiger charge is 2.65. The van der Waals surface area contributed by atoms with Crippen molar-refractivity contribution >= 4 is 17.6 Å². The van der Waals surface area contributed by atoms with Gasteiger partial charge in [-0.3, -0.25) is 9.59 Å². The molecule has 1 saturated carbocycles. The van der Waals surface area contributed by atoms with Gasteiger partial charge in [-0.2, -0.15) is 0 Å². The third-order valence-corrected chi connectivity index (χ3v) is 3.63. The van der Waals surface area contributed by atoms with Gasteiger partial charge in [0.25, 0.3) is 0 Å². The van der Waals surface area contributed by atoms with E-state index < -0.39 is 52.3 Å². The zero-order valence-electron chi connectivity index (χ0n) is 10.7. The van der Waals surface area contributed by atoms with E-state index in [2.05, 4.69) is 0 Å². The largest absolute Gasteiger partial charge is 0.481 e. The molecule has 7 heteroatoms. The normalized spacial score (nSPS) is 23.2. The Labute approximate surface area is 112 Å². The summed E-state index contributed by atoms with van der Waals surface area (Å²) >= 11 is 0. The molecule has 0 aromatic heterocycles. The lowest BCUT2D eigenvalue weighted by atomic mass is 10.1. The zero-order chi connectivity index (χ0) is 15.2. The van der Waals surface area contributed by atoms with Gasteiger partial charge in [0.1, 0.15) is 5.82 Å². The van der Waals surface area contributed by atoms with Gasteiger partial charge in [0.2, 0.25) is 5.91 Å². The molecule has 1 aromatic rings. The summed E-state index contributed by atoms with van der Waals surface area (Å²) in [5.41, 5.74) is -1.42. The molecule has 0 heterocycles. The summed E-state index contributed by atoms with van der Waals surface area (Å²) in [4.78, 5) is 22.8. The van der Waals surface area contributed by atoms with Crippen LogP contribution in [0.2, 0.25) is 0 Å². The minimum Gasteiger partial charge on any atom is -0.481 e. The van der Waals surface area contributed by atoms with Gasteiger partial charge >= 0.3 is 5.97 Å². The molecule has 0 radical (unpaired) electrons. The van der Waals surface area contributed by atoms with Crippen LogP contribution in [0.3, 0.4) is 0 Å². The fraction of sp³-hybridized carbons (Fsp3) is 0.385. The lowest BCUT2D eigenvalue weighted by Gasteiger charge is -2.08. The second kappa shape index (κ2) is 4.50. The van der Waals surface area contributed by atoms with Crippen molar-refractivity contribution in [3.05, 3.63) is 29.6 Å². The van der Waals surface area contributed by atoms with Crippen molar-refractivity contribution in [1.82, 2.24) is 0 Å². The number of carbonyl (C=O) groups is 2. The van der Waals surface area contributed by atoms with Crippen LogP contribution in [0.15, 0.2) is 12.1 Å². The average molecular weight is 287 g/mol. The van der Waals surface area contributed by atoms with E-state index in [1.807, 2.05) is 5.32 Å². The van der Waals surface area contributed by atoms with Gasteiger partial charge in [-0.15, -0.1) is 0 Å². The summed E-state index contributed by atoms with van der Waals surface area (Å²) in [6.07, 6.45) is 0. The Bertz CT molecular complexity index is 601. The quantitative estimate of drug-likeness (QED) is 0.839. The summed E-state index contributed by atoms with van der Waals surface area (Å²) in [5, 5.41) is 11.0. The van der Waals surface area contributed by atoms with E-state index in [1.54, 1.807) is 13.8 Å². The van der Waals surface area contributed by atoms with E-state index in [0.717, 1.165) is 0 Å². The SMILES string of the molecule is CC1(C)[C@H](C(=O)O)[C@@H]1C(=O)Nc1cc(F)cc(F)c1F. The van der Waals surface area contributed by atoms with Crippen molar-refractivity contribution in [2.75, 3.05) is 5.32 Å². The van der Waals surface area contributed by atoms with E-state index in [0.29, 0.717) is 12.1 Å². The predicted octanol–water partition coefficient (Wildman–Crippen LogP) is 2.40. The molecule has 1 amide bonds. The topological polar surface area (TPSA) is 66.4 Å². The number of rotatable bonds is 3. The number of amides is 1. The number of nitrogens with one attached hydrogen (secondary N) is 1. The smallest absolute Gasteiger partial charge is 0.307 e. The second-order valence-electron chi connectivity index (χ2n) is 5.35. The maximum atomic E-state index is 13.4. The Morgan fingerprint density at radius 3 is 2.30 bits per heavy atom. The number of benzene rings is 1. The van der Waals surface area contributed by atoms with Crippen molar-refractivity contribution in [2.24, 2.45) is 17.3 Å². The molecule has 0 bridgehead atoms. The minimum atomic E-state index is -1.43. The zero-order valence-corrected chi connectivity index (χ0v) is 10.7. The maximum Gasteiger partial charge on any atom is 0.307 e. The predicted molar refractivity (Wildman–Crippen MR) is 63.3 cm³/mol. The Balaban J connectivity index is 2.20. The molecular weight excluding hydrogens is 275 g/mol. The number of anilines is 1. The Kier molecular flexibility index (Phi) is 3.23. The number of carboxylic acids is 1. The molecule has 4 nitrogen and oxygen atoms in total. The number of hydrogen-bond donors (Lipinski definition) is 2. The maximum absolute atomic E-state index is 13.4. The van der Waals surface area contributed by atoms with E-state index in [9.17, 15) is 22.8 Å². The number of aliphatic carboxylic acids is 1. The van der Waals surface area contributed by atoms with Gasteiger partial charge in [-0.1, -0.05) is 13.8 Å². The van der Waals surface area contributed by atoms with Gasteiger partial charge in [0.05, 0.1) is 17.5 Å². The molecule has 0 spiro atoms. The first kappa shape index (κ1) is 14.4. The first-order valence-corrected chi connectivity index (χ1v) is 5.84. The van der Waals surface area contributed by atoms with Crippen LogP contribution < -0.4 is 5.32 Å². The molecule has 20 heavy (non-hydrogen) atoms. The third-order valence-electron chi connectivity index (χ3n) is 3.63. The molecule has 1 aliphatic rings. The van der Waals surface area contributed by atoms with E-state index >= 15 is 0 Å². The molecule has 1 aromatic carbocycles. The van der Waals surface area contributed by atoms with E-state index in [4.69, 9.17) is 5.11 Å². The Hall–Kier alpha value is -2.05. The van der Waals surface area contributed by atoms with Gasteiger partial charge < -0.3 is 10.4 Å². The van der Waals surface area contributed by atoms with Gasteiger partial charge in [-0.05, 0) is 5.41 Å². The van der Waals surface area contributed by atoms with Gasteiger partial charge in [-0.25, -0.2) is 13.2 Å². The molecule has 108 valence electrons. The second-order valence-corrected chi connectivity index (χ2v) is 5.35. The highest BCUT2D eigenvalue weighted by atomic mass is 19.2. The monoisotopic (exact) mass is 287 g/mol. The highest BCUT2D eigenvalue weighted by molar-refractivity contribution is 5.99. The first-order valence-electron chi connectivity index (χ1n) is 5.84. The lowest BCUT2D eigenvalue weighted by molar-refractivity contribution is -0.140. The lowest BCUT2D eigenvalue weighted by Crippen LogP contribution is -2.19. The van der Waals surface area contributed by atoms with Crippen molar-refractivity contribution < 1.29 is 27.9 Å². The summed E-state index contributed by atoms with van der Waals surface area (Å²) in [6, 6.07) is 0.994. The first-order chi connectivity index (χ1) is 9.16. The van der Waals surface area contributed by atoms with Crippen LogP contribution in [0.5, 0.6) is 0 Å². The molecular formula is C13H12F3NO3. The summed E-state index contributed by atoms with van der Waals surface area (Å²) < 4.78 is 39.4. The van der Waals surface area contributed by atoms with Crippen LogP contribution in [-0.4, -0.2) is 17.0 Å². The van der Waals surface area contributed by atoms with Crippen molar-refractivity contribution in [3.8, 4) is 0 Å². The third kappa shape index (κ3) is 2.23. The number of hydrogen-bond acceptors (Lipinski definition) is 2. The summed E-state index contributed by atoms with van der Waals surface area (Å²) in [6.45, 7) is 3.16. The molecule has 0 unspecified atom stereocenters. The molecule has 2 atom stereocenters. The molecule has 0 saturated heterocycles.